The third-order valence-corrected chi connectivity index (χ3v) is 3.65. The summed E-state index contributed by atoms with van der Waals surface area (Å²) in [5.74, 6) is -0.192. The van der Waals surface area contributed by atoms with E-state index in [1.807, 2.05) is 73.6 Å². The molecule has 1 aliphatic heterocycles. The Morgan fingerprint density at radius 3 is 2.15 bits per heavy atom. The van der Waals surface area contributed by atoms with E-state index in [0.29, 0.717) is 0 Å². The summed E-state index contributed by atoms with van der Waals surface area (Å²) in [5.41, 5.74) is 3.10. The first-order valence-electron chi connectivity index (χ1n) is 6.69. The standard InChI is InChI=1S/C17H17NO2/c1-18(2)15-13-10-6-7-11-14(13)16(20-17(15)19)12-8-4-3-5-9-12/h3-11,15-16H,1-2H3. The van der Waals surface area contributed by atoms with Crippen LogP contribution in [0.25, 0.3) is 0 Å². The van der Waals surface area contributed by atoms with E-state index in [1.165, 1.54) is 0 Å². The van der Waals surface area contributed by atoms with Gasteiger partial charge < -0.3 is 4.74 Å². The van der Waals surface area contributed by atoms with Crippen LogP contribution >= 0.6 is 0 Å². The normalized spacial score (nSPS) is 21.4. The predicted octanol–water partition coefficient (Wildman–Crippen LogP) is 2.94. The molecule has 0 bridgehead atoms. The summed E-state index contributed by atoms with van der Waals surface area (Å²) in [6.45, 7) is 0. The summed E-state index contributed by atoms with van der Waals surface area (Å²) < 4.78 is 5.69. The van der Waals surface area contributed by atoms with E-state index >= 15 is 0 Å². The summed E-state index contributed by atoms with van der Waals surface area (Å²) in [6.07, 6.45) is -0.309. The maximum Gasteiger partial charge on any atom is 0.328 e. The fraction of sp³-hybridized carbons (Fsp3) is 0.235. The van der Waals surface area contributed by atoms with Crippen molar-refractivity contribution in [1.82, 2.24) is 4.90 Å². The van der Waals surface area contributed by atoms with Crippen LogP contribution in [0, 0.1) is 0 Å². The van der Waals surface area contributed by atoms with Crippen molar-refractivity contribution < 1.29 is 9.53 Å². The molecule has 0 saturated carbocycles. The Bertz CT molecular complexity index is 622. The topological polar surface area (TPSA) is 29.5 Å². The molecule has 102 valence electrons. The number of carbonyl (C=O) groups excluding carboxylic acids is 1. The number of rotatable bonds is 2. The summed E-state index contributed by atoms with van der Waals surface area (Å²) in [6, 6.07) is 17.5. The minimum Gasteiger partial charge on any atom is -0.451 e. The minimum atomic E-state index is -0.328. The Labute approximate surface area is 118 Å². The molecule has 3 nitrogen and oxygen atoms in total. The van der Waals surface area contributed by atoms with Gasteiger partial charge in [0, 0.05) is 5.56 Å². The highest BCUT2D eigenvalue weighted by Gasteiger charge is 2.36. The molecule has 3 rings (SSSR count). The number of esters is 1. The Hall–Kier alpha value is -2.13. The van der Waals surface area contributed by atoms with Crippen molar-refractivity contribution in [2.45, 2.75) is 12.1 Å². The molecule has 2 aromatic rings. The molecule has 0 aliphatic carbocycles. The van der Waals surface area contributed by atoms with E-state index in [-0.39, 0.29) is 18.1 Å². The minimum absolute atomic E-state index is 0.192. The van der Waals surface area contributed by atoms with Crippen molar-refractivity contribution in [2.24, 2.45) is 0 Å². The van der Waals surface area contributed by atoms with Gasteiger partial charge in [0.05, 0.1) is 0 Å². The molecule has 2 unspecified atom stereocenters. The van der Waals surface area contributed by atoms with E-state index in [2.05, 4.69) is 0 Å². The summed E-state index contributed by atoms with van der Waals surface area (Å²) in [5, 5.41) is 0. The number of benzene rings is 2. The highest BCUT2D eigenvalue weighted by atomic mass is 16.5. The molecule has 20 heavy (non-hydrogen) atoms. The van der Waals surface area contributed by atoms with Gasteiger partial charge in [0.1, 0.15) is 6.04 Å². The number of hydrogen-bond acceptors (Lipinski definition) is 3. The van der Waals surface area contributed by atoms with Gasteiger partial charge in [-0.05, 0) is 25.2 Å². The number of hydrogen-bond donors (Lipinski definition) is 0. The molecule has 0 N–H and O–H groups in total. The van der Waals surface area contributed by atoms with Crippen molar-refractivity contribution in [3.8, 4) is 0 Å². The van der Waals surface area contributed by atoms with Crippen LogP contribution < -0.4 is 0 Å². The number of fused-ring (bicyclic) bond motifs is 1. The molecule has 0 spiro atoms. The predicted molar refractivity (Wildman–Crippen MR) is 77.2 cm³/mol. The first kappa shape index (κ1) is 12.9. The zero-order chi connectivity index (χ0) is 14.1. The lowest BCUT2D eigenvalue weighted by atomic mass is 9.90. The van der Waals surface area contributed by atoms with Gasteiger partial charge in [0.2, 0.25) is 0 Å². The molecule has 1 heterocycles. The quantitative estimate of drug-likeness (QED) is 0.784. The van der Waals surface area contributed by atoms with Crippen molar-refractivity contribution in [2.75, 3.05) is 14.1 Å². The smallest absolute Gasteiger partial charge is 0.328 e. The van der Waals surface area contributed by atoms with Crippen LogP contribution in [-0.4, -0.2) is 25.0 Å². The summed E-state index contributed by atoms with van der Waals surface area (Å²) in [7, 11) is 3.79. The van der Waals surface area contributed by atoms with Crippen LogP contribution in [0.15, 0.2) is 54.6 Å². The molecule has 0 fully saturated rings. The summed E-state index contributed by atoms with van der Waals surface area (Å²) >= 11 is 0. The van der Waals surface area contributed by atoms with E-state index < -0.39 is 0 Å². The van der Waals surface area contributed by atoms with E-state index in [9.17, 15) is 4.79 Å². The zero-order valence-corrected chi connectivity index (χ0v) is 11.6. The number of ether oxygens (including phenoxy) is 1. The summed E-state index contributed by atoms with van der Waals surface area (Å²) in [4.78, 5) is 14.2. The number of carbonyl (C=O) groups is 1. The second kappa shape index (κ2) is 5.10. The molecule has 2 aromatic carbocycles. The van der Waals surface area contributed by atoms with Crippen LogP contribution in [0.4, 0.5) is 0 Å². The maximum absolute atomic E-state index is 12.3. The van der Waals surface area contributed by atoms with Crippen molar-refractivity contribution in [3.05, 3.63) is 71.3 Å². The molecule has 0 radical (unpaired) electrons. The average Bonchev–Trinajstić information content (AvgIpc) is 2.47. The molecule has 0 aromatic heterocycles. The van der Waals surface area contributed by atoms with E-state index in [0.717, 1.165) is 16.7 Å². The number of cyclic esters (lactones) is 1. The van der Waals surface area contributed by atoms with Crippen LogP contribution in [-0.2, 0) is 9.53 Å². The first-order valence-corrected chi connectivity index (χ1v) is 6.69. The van der Waals surface area contributed by atoms with Gasteiger partial charge in [-0.15, -0.1) is 0 Å². The molecular weight excluding hydrogens is 250 g/mol. The monoisotopic (exact) mass is 267 g/mol. The van der Waals surface area contributed by atoms with Crippen molar-refractivity contribution in [1.29, 1.82) is 0 Å². The number of likely N-dealkylation sites (N-methyl/N-ethyl adjacent to an activating group) is 1. The zero-order valence-electron chi connectivity index (χ0n) is 11.6. The number of nitrogens with zero attached hydrogens (tertiary/aromatic N) is 1. The first-order chi connectivity index (χ1) is 9.68. The van der Waals surface area contributed by atoms with Gasteiger partial charge >= 0.3 is 5.97 Å². The second-order valence-corrected chi connectivity index (χ2v) is 5.22. The van der Waals surface area contributed by atoms with Crippen LogP contribution in [0.3, 0.4) is 0 Å². The van der Waals surface area contributed by atoms with Gasteiger partial charge in [-0.3, -0.25) is 4.90 Å². The van der Waals surface area contributed by atoms with E-state index in [4.69, 9.17) is 4.74 Å². The van der Waals surface area contributed by atoms with Gasteiger partial charge in [0.25, 0.3) is 0 Å². The van der Waals surface area contributed by atoms with Gasteiger partial charge in [0.15, 0.2) is 6.10 Å². The SMILES string of the molecule is CN(C)C1C(=O)OC(c2ccccc2)c2ccccc21. The highest BCUT2D eigenvalue weighted by molar-refractivity contribution is 5.80. The average molecular weight is 267 g/mol. The fourth-order valence-corrected chi connectivity index (χ4v) is 2.73. The van der Waals surface area contributed by atoms with Crippen LogP contribution in [0.5, 0.6) is 0 Å². The van der Waals surface area contributed by atoms with Crippen LogP contribution in [0.2, 0.25) is 0 Å². The maximum atomic E-state index is 12.3. The van der Waals surface area contributed by atoms with E-state index in [1.54, 1.807) is 0 Å². The second-order valence-electron chi connectivity index (χ2n) is 5.22. The Morgan fingerprint density at radius 2 is 1.50 bits per heavy atom. The lowest BCUT2D eigenvalue weighted by molar-refractivity contribution is -0.155. The molecule has 0 amide bonds. The Kier molecular flexibility index (Phi) is 3.28. The lowest BCUT2D eigenvalue weighted by Crippen LogP contribution is -2.35. The molecule has 1 aliphatic rings. The van der Waals surface area contributed by atoms with Gasteiger partial charge in [-0.2, -0.15) is 0 Å². The Morgan fingerprint density at radius 1 is 0.900 bits per heavy atom. The molecule has 0 saturated heterocycles. The molecule has 2 atom stereocenters. The fourth-order valence-electron chi connectivity index (χ4n) is 2.73. The van der Waals surface area contributed by atoms with Gasteiger partial charge in [-0.1, -0.05) is 54.6 Å². The largest absolute Gasteiger partial charge is 0.451 e. The van der Waals surface area contributed by atoms with Gasteiger partial charge in [-0.25, -0.2) is 4.79 Å². The molecular formula is C17H17NO2. The Balaban J connectivity index is 2.12. The third-order valence-electron chi connectivity index (χ3n) is 3.65. The lowest BCUT2D eigenvalue weighted by Gasteiger charge is -2.34. The molecule has 3 heteroatoms. The van der Waals surface area contributed by atoms with Crippen LogP contribution in [0.1, 0.15) is 28.8 Å². The van der Waals surface area contributed by atoms with Crippen molar-refractivity contribution in [3.63, 3.8) is 0 Å². The highest BCUT2D eigenvalue weighted by Crippen LogP contribution is 2.38. The van der Waals surface area contributed by atoms with Crippen molar-refractivity contribution >= 4 is 5.97 Å². The third kappa shape index (κ3) is 2.10.